The molecule has 8 nitrogen and oxygen atoms in total. The fraction of sp³-hybridized carbons (Fsp3) is 0.308. The van der Waals surface area contributed by atoms with Crippen LogP contribution < -0.4 is 15.6 Å². The monoisotopic (exact) mass is 489 g/mol. The maximum Gasteiger partial charge on any atom is 0.284 e. The number of hydrogen-bond donors (Lipinski definition) is 1. The first-order chi connectivity index (χ1) is 17.2. The van der Waals surface area contributed by atoms with Crippen LogP contribution in [0.25, 0.3) is 17.1 Å². The van der Waals surface area contributed by atoms with Crippen molar-refractivity contribution in [2.75, 3.05) is 17.7 Å². The summed E-state index contributed by atoms with van der Waals surface area (Å²) in [6, 6.07) is 16.8. The van der Waals surface area contributed by atoms with Crippen LogP contribution in [0.3, 0.4) is 0 Å². The maximum absolute atomic E-state index is 13.3. The van der Waals surface area contributed by atoms with Crippen LogP contribution >= 0.6 is 11.8 Å². The smallest absolute Gasteiger partial charge is 0.284 e. The standard InChI is InChI=1S/C26H27N5O3S/c1-2-34-21-15-9-8-13-19(21)27-22(32)17-35-26-28-24-23(20-14-7-4-10-16-30(20)26)25(33)31(29-24)18-11-5-3-6-12-18/h3,5-6,8-9,11-13,15H,2,4,7,10,14,16-17H2,1H3,(H,27,32). The Hall–Kier alpha value is -3.59. The number of hydrogen-bond acceptors (Lipinski definition) is 6. The molecule has 5 rings (SSSR count). The van der Waals surface area contributed by atoms with E-state index in [1.54, 1.807) is 0 Å². The van der Waals surface area contributed by atoms with Crippen molar-refractivity contribution in [2.24, 2.45) is 0 Å². The Kier molecular flexibility index (Phi) is 6.85. The molecule has 0 unspecified atom stereocenters. The predicted molar refractivity (Wildman–Crippen MR) is 137 cm³/mol. The molecule has 1 N–H and O–H groups in total. The average Bonchev–Trinajstić information content (AvgIpc) is 3.03. The van der Waals surface area contributed by atoms with Gasteiger partial charge in [0.2, 0.25) is 5.91 Å². The van der Waals surface area contributed by atoms with Gasteiger partial charge < -0.3 is 14.6 Å². The van der Waals surface area contributed by atoms with E-state index in [2.05, 4.69) is 15.0 Å². The van der Waals surface area contributed by atoms with E-state index in [1.807, 2.05) is 61.5 Å². The molecule has 0 fully saturated rings. The zero-order valence-corrected chi connectivity index (χ0v) is 20.4. The van der Waals surface area contributed by atoms with Gasteiger partial charge in [0.1, 0.15) is 11.3 Å². The number of ether oxygens (including phenoxy) is 1. The van der Waals surface area contributed by atoms with Crippen LogP contribution in [-0.4, -0.2) is 37.6 Å². The van der Waals surface area contributed by atoms with Gasteiger partial charge in [-0.2, -0.15) is 4.68 Å². The molecule has 3 heterocycles. The van der Waals surface area contributed by atoms with Crippen molar-refractivity contribution in [1.82, 2.24) is 19.3 Å². The van der Waals surface area contributed by atoms with Crippen LogP contribution in [0.2, 0.25) is 0 Å². The zero-order valence-electron chi connectivity index (χ0n) is 19.6. The maximum atomic E-state index is 13.3. The van der Waals surface area contributed by atoms with E-state index < -0.39 is 0 Å². The summed E-state index contributed by atoms with van der Waals surface area (Å²) in [6.45, 7) is 3.20. The van der Waals surface area contributed by atoms with Gasteiger partial charge in [0.15, 0.2) is 11.0 Å². The molecule has 1 amide bonds. The summed E-state index contributed by atoms with van der Waals surface area (Å²) in [7, 11) is 0. The molecule has 0 aromatic heterocycles. The molecule has 0 spiro atoms. The van der Waals surface area contributed by atoms with Gasteiger partial charge in [0.25, 0.3) is 5.56 Å². The number of aromatic nitrogens is 4. The summed E-state index contributed by atoms with van der Waals surface area (Å²) in [4.78, 5) is 30.9. The van der Waals surface area contributed by atoms with Crippen molar-refractivity contribution < 1.29 is 9.53 Å². The Morgan fingerprint density at radius 2 is 1.89 bits per heavy atom. The van der Waals surface area contributed by atoms with Gasteiger partial charge in [-0.3, -0.25) is 9.59 Å². The third-order valence-electron chi connectivity index (χ3n) is 5.96. The molecule has 0 saturated heterocycles. The topological polar surface area (TPSA) is 91.0 Å². The fourth-order valence-electron chi connectivity index (χ4n) is 4.38. The quantitative estimate of drug-likeness (QED) is 0.306. The second-order valence-electron chi connectivity index (χ2n) is 8.32. The number of anilines is 1. The predicted octanol–water partition coefficient (Wildman–Crippen LogP) is 4.39. The molecule has 0 saturated carbocycles. The Morgan fingerprint density at radius 1 is 1.09 bits per heavy atom. The minimum absolute atomic E-state index is 0.147. The second-order valence-corrected chi connectivity index (χ2v) is 9.26. The number of carbonyl (C=O) groups excluding carboxylic acids is 1. The molecule has 35 heavy (non-hydrogen) atoms. The summed E-state index contributed by atoms with van der Waals surface area (Å²) in [5, 5.41) is 8.21. The number of benzene rings is 2. The van der Waals surface area contributed by atoms with Gasteiger partial charge in [-0.15, -0.1) is 5.10 Å². The van der Waals surface area contributed by atoms with Crippen molar-refractivity contribution in [3.05, 3.63) is 70.6 Å². The van der Waals surface area contributed by atoms with E-state index in [4.69, 9.17) is 9.72 Å². The lowest BCUT2D eigenvalue weighted by atomic mass is 10.1. The lowest BCUT2D eigenvalue weighted by Crippen LogP contribution is -2.20. The molecule has 0 atom stereocenters. The number of rotatable bonds is 7. The van der Waals surface area contributed by atoms with Crippen molar-refractivity contribution in [3.63, 3.8) is 0 Å². The van der Waals surface area contributed by atoms with E-state index >= 15 is 0 Å². The van der Waals surface area contributed by atoms with Crippen molar-refractivity contribution >= 4 is 23.4 Å². The van der Waals surface area contributed by atoms with Gasteiger partial charge in [-0.1, -0.05) is 48.5 Å². The fourth-order valence-corrected chi connectivity index (χ4v) is 5.22. The molecule has 180 valence electrons. The molecule has 3 aliphatic rings. The molecule has 0 bridgehead atoms. The largest absolute Gasteiger partial charge is 0.492 e. The highest BCUT2D eigenvalue weighted by Crippen LogP contribution is 2.31. The number of para-hydroxylation sites is 3. The first kappa shape index (κ1) is 23.2. The average molecular weight is 490 g/mol. The van der Waals surface area contributed by atoms with Crippen molar-refractivity contribution in [1.29, 1.82) is 0 Å². The van der Waals surface area contributed by atoms with E-state index in [0.717, 1.165) is 37.9 Å². The minimum Gasteiger partial charge on any atom is -0.492 e. The SMILES string of the molecule is CCOc1ccccc1NC(=O)CSc1nc2nn(-c3ccccc3)c(=O)c-2c2n1CCCCC2. The molecule has 9 heteroatoms. The summed E-state index contributed by atoms with van der Waals surface area (Å²) in [6.07, 6.45) is 3.89. The van der Waals surface area contributed by atoms with Crippen molar-refractivity contribution in [3.8, 4) is 22.8 Å². The van der Waals surface area contributed by atoms with Crippen LogP contribution in [0.5, 0.6) is 5.75 Å². The van der Waals surface area contributed by atoms with Gasteiger partial charge in [0.05, 0.1) is 23.7 Å². The van der Waals surface area contributed by atoms with E-state index in [0.29, 0.717) is 40.3 Å². The van der Waals surface area contributed by atoms with Gasteiger partial charge in [0, 0.05) is 12.2 Å². The van der Waals surface area contributed by atoms with E-state index in [9.17, 15) is 9.59 Å². The van der Waals surface area contributed by atoms with Crippen molar-refractivity contribution in [2.45, 2.75) is 44.3 Å². The third-order valence-corrected chi connectivity index (χ3v) is 6.94. The van der Waals surface area contributed by atoms with E-state index in [-0.39, 0.29) is 17.2 Å². The Morgan fingerprint density at radius 3 is 2.71 bits per heavy atom. The number of nitrogens with zero attached hydrogens (tertiary/aromatic N) is 4. The van der Waals surface area contributed by atoms with Crippen LogP contribution in [0, 0.1) is 0 Å². The highest BCUT2D eigenvalue weighted by molar-refractivity contribution is 7.99. The highest BCUT2D eigenvalue weighted by Gasteiger charge is 2.27. The lowest BCUT2D eigenvalue weighted by Gasteiger charge is -2.17. The molecular weight excluding hydrogens is 462 g/mol. The zero-order chi connectivity index (χ0) is 24.2. The number of amides is 1. The minimum atomic E-state index is -0.147. The first-order valence-corrected chi connectivity index (χ1v) is 12.9. The lowest BCUT2D eigenvalue weighted by molar-refractivity contribution is -0.113. The summed E-state index contributed by atoms with van der Waals surface area (Å²) < 4.78 is 9.15. The molecule has 2 aromatic carbocycles. The van der Waals surface area contributed by atoms with Gasteiger partial charge in [-0.05, 0) is 50.5 Å². The van der Waals surface area contributed by atoms with Crippen LogP contribution in [0.1, 0.15) is 31.9 Å². The Balaban J connectivity index is 1.45. The Labute approximate surface area is 207 Å². The first-order valence-electron chi connectivity index (χ1n) is 11.9. The van der Waals surface area contributed by atoms with Crippen LogP contribution in [0.15, 0.2) is 64.5 Å². The Bertz CT molecular complexity index is 1370. The summed E-state index contributed by atoms with van der Waals surface area (Å²) >= 11 is 1.36. The molecule has 0 radical (unpaired) electrons. The molecule has 0 aliphatic carbocycles. The van der Waals surface area contributed by atoms with Gasteiger partial charge in [-0.25, -0.2) is 4.98 Å². The van der Waals surface area contributed by atoms with E-state index in [1.165, 1.54) is 16.4 Å². The summed E-state index contributed by atoms with van der Waals surface area (Å²) in [5.74, 6) is 1.11. The number of thioether (sulfide) groups is 1. The summed E-state index contributed by atoms with van der Waals surface area (Å²) in [5.41, 5.74) is 2.75. The number of nitrogens with one attached hydrogen (secondary N) is 1. The number of fused-ring (bicyclic) bond motifs is 3. The van der Waals surface area contributed by atoms with Gasteiger partial charge >= 0.3 is 0 Å². The normalized spacial score (nSPS) is 13.3. The van der Waals surface area contributed by atoms with Crippen LogP contribution in [-0.2, 0) is 17.8 Å². The highest BCUT2D eigenvalue weighted by atomic mass is 32.2. The number of carbonyl (C=O) groups is 1. The molecule has 3 aliphatic heterocycles. The molecular formula is C26H27N5O3S. The van der Waals surface area contributed by atoms with Crippen LogP contribution in [0.4, 0.5) is 5.69 Å². The second kappa shape index (κ2) is 10.4. The molecule has 2 aromatic rings. The third kappa shape index (κ3) is 4.81.